The Morgan fingerprint density at radius 1 is 1.12 bits per heavy atom. The van der Waals surface area contributed by atoms with Crippen LogP contribution >= 0.6 is 0 Å². The summed E-state index contributed by atoms with van der Waals surface area (Å²) in [5.74, 6) is -0.0903. The molecule has 0 bridgehead atoms. The van der Waals surface area contributed by atoms with E-state index in [1.54, 1.807) is 22.9 Å². The Bertz CT molecular complexity index is 567. The minimum atomic E-state index is -0.314. The van der Waals surface area contributed by atoms with Crippen LogP contribution in [0.25, 0.3) is 0 Å². The molecule has 1 aromatic rings. The lowest BCUT2D eigenvalue weighted by molar-refractivity contribution is 0.0566. The molecule has 24 heavy (non-hydrogen) atoms. The van der Waals surface area contributed by atoms with Crippen LogP contribution in [0, 0.1) is 0 Å². The zero-order chi connectivity index (χ0) is 17.5. The molecule has 0 atom stereocenters. The van der Waals surface area contributed by atoms with E-state index in [1.165, 1.54) is 0 Å². The number of ether oxygens (including phenoxy) is 1. The minimum absolute atomic E-state index is 0.0903. The molecular weight excluding hydrogens is 308 g/mol. The van der Waals surface area contributed by atoms with E-state index in [9.17, 15) is 9.59 Å². The number of carbonyl (C=O) groups excluding carboxylic acids is 2. The minimum Gasteiger partial charge on any atom is -0.450 e. The number of piperazine rings is 1. The van der Waals surface area contributed by atoms with Gasteiger partial charge in [0.2, 0.25) is 0 Å². The van der Waals surface area contributed by atoms with Gasteiger partial charge in [-0.25, -0.2) is 4.79 Å². The van der Waals surface area contributed by atoms with Crippen LogP contribution in [0.5, 0.6) is 0 Å². The summed E-state index contributed by atoms with van der Waals surface area (Å²) in [6, 6.07) is 3.76. The van der Waals surface area contributed by atoms with Crippen LogP contribution in [-0.2, 0) is 4.74 Å². The average molecular weight is 334 g/mol. The molecule has 0 radical (unpaired) electrons. The maximum absolute atomic E-state index is 12.7. The third-order valence-electron chi connectivity index (χ3n) is 4.18. The molecule has 7 nitrogen and oxygen atoms in total. The molecule has 2 amide bonds. The number of hydrogen-bond acceptors (Lipinski definition) is 5. The second-order valence-corrected chi connectivity index (χ2v) is 5.55. The molecule has 1 aliphatic rings. The van der Waals surface area contributed by atoms with Crippen molar-refractivity contribution in [2.24, 2.45) is 0 Å². The molecule has 1 aliphatic heterocycles. The predicted molar refractivity (Wildman–Crippen MR) is 92.3 cm³/mol. The molecule has 0 aromatic carbocycles. The van der Waals surface area contributed by atoms with Gasteiger partial charge >= 0.3 is 6.09 Å². The van der Waals surface area contributed by atoms with Crippen molar-refractivity contribution in [2.75, 3.05) is 50.8 Å². The highest BCUT2D eigenvalue weighted by Gasteiger charge is 2.26. The summed E-state index contributed by atoms with van der Waals surface area (Å²) >= 11 is 0. The number of aromatic nitrogens is 1. The molecule has 1 saturated heterocycles. The Morgan fingerprint density at radius 2 is 1.75 bits per heavy atom. The van der Waals surface area contributed by atoms with Crippen molar-refractivity contribution in [3.8, 4) is 0 Å². The van der Waals surface area contributed by atoms with Crippen LogP contribution in [0.2, 0.25) is 0 Å². The summed E-state index contributed by atoms with van der Waals surface area (Å²) in [4.78, 5) is 34.2. The van der Waals surface area contributed by atoms with Crippen molar-refractivity contribution in [3.05, 3.63) is 24.0 Å². The van der Waals surface area contributed by atoms with Gasteiger partial charge in [0, 0.05) is 51.2 Å². The van der Waals surface area contributed by atoms with Gasteiger partial charge in [-0.15, -0.1) is 0 Å². The van der Waals surface area contributed by atoms with E-state index in [1.807, 2.05) is 12.1 Å². The van der Waals surface area contributed by atoms with Gasteiger partial charge in [-0.1, -0.05) is 0 Å². The molecule has 0 unspecified atom stereocenters. The molecule has 0 aliphatic carbocycles. The van der Waals surface area contributed by atoms with E-state index < -0.39 is 0 Å². The van der Waals surface area contributed by atoms with E-state index in [0.29, 0.717) is 38.5 Å². The van der Waals surface area contributed by atoms with Crippen LogP contribution in [0.4, 0.5) is 10.5 Å². The Morgan fingerprint density at radius 3 is 2.33 bits per heavy atom. The van der Waals surface area contributed by atoms with Crippen molar-refractivity contribution in [3.63, 3.8) is 0 Å². The fourth-order valence-electron chi connectivity index (χ4n) is 2.79. The second kappa shape index (κ2) is 8.52. The van der Waals surface area contributed by atoms with E-state index in [4.69, 9.17) is 4.74 Å². The predicted octanol–water partition coefficient (Wildman–Crippen LogP) is 1.84. The number of hydrogen-bond donors (Lipinski definition) is 0. The SMILES string of the molecule is CCOC(=O)N1CCN(C(=O)c2cc(N(CC)CC)ccn2)CC1. The highest BCUT2D eigenvalue weighted by molar-refractivity contribution is 5.93. The Kier molecular flexibility index (Phi) is 6.40. The summed E-state index contributed by atoms with van der Waals surface area (Å²) in [5, 5.41) is 0. The van der Waals surface area contributed by atoms with Gasteiger partial charge in [0.15, 0.2) is 0 Å². The zero-order valence-electron chi connectivity index (χ0n) is 14.7. The highest BCUT2D eigenvalue weighted by atomic mass is 16.6. The molecule has 0 spiro atoms. The Labute approximate surface area is 143 Å². The lowest BCUT2D eigenvalue weighted by Gasteiger charge is -2.34. The first kappa shape index (κ1) is 18.0. The fourth-order valence-corrected chi connectivity index (χ4v) is 2.79. The number of rotatable bonds is 5. The van der Waals surface area contributed by atoms with Crippen LogP contribution in [0.3, 0.4) is 0 Å². The maximum atomic E-state index is 12.7. The summed E-state index contributed by atoms with van der Waals surface area (Å²) in [7, 11) is 0. The van der Waals surface area contributed by atoms with E-state index in [-0.39, 0.29) is 12.0 Å². The van der Waals surface area contributed by atoms with Crippen molar-refractivity contribution >= 4 is 17.7 Å². The highest BCUT2D eigenvalue weighted by Crippen LogP contribution is 2.16. The molecule has 2 heterocycles. The molecular formula is C17H26N4O3. The smallest absolute Gasteiger partial charge is 0.409 e. The largest absolute Gasteiger partial charge is 0.450 e. The maximum Gasteiger partial charge on any atom is 0.409 e. The van der Waals surface area contributed by atoms with Gasteiger partial charge in [-0.3, -0.25) is 9.78 Å². The first-order valence-electron chi connectivity index (χ1n) is 8.52. The number of nitrogens with zero attached hydrogens (tertiary/aromatic N) is 4. The third kappa shape index (κ3) is 4.15. The third-order valence-corrected chi connectivity index (χ3v) is 4.18. The summed E-state index contributed by atoms with van der Waals surface area (Å²) in [6.07, 6.45) is 1.36. The topological polar surface area (TPSA) is 66.0 Å². The van der Waals surface area contributed by atoms with E-state index in [2.05, 4.69) is 23.7 Å². The molecule has 132 valence electrons. The summed E-state index contributed by atoms with van der Waals surface area (Å²) in [5.41, 5.74) is 1.45. The standard InChI is InChI=1S/C17H26N4O3/c1-4-19(5-2)14-7-8-18-15(13-14)16(22)20-9-11-21(12-10-20)17(23)24-6-3/h7-8,13H,4-6,9-12H2,1-3H3. The Hall–Kier alpha value is -2.31. The van der Waals surface area contributed by atoms with Crippen molar-refractivity contribution in [1.29, 1.82) is 0 Å². The van der Waals surface area contributed by atoms with Gasteiger partial charge in [-0.2, -0.15) is 0 Å². The number of anilines is 1. The average Bonchev–Trinajstić information content (AvgIpc) is 2.63. The Balaban J connectivity index is 2.00. The monoisotopic (exact) mass is 334 g/mol. The number of pyridine rings is 1. The quantitative estimate of drug-likeness (QED) is 0.822. The molecule has 1 aromatic heterocycles. The summed E-state index contributed by atoms with van der Waals surface area (Å²) < 4.78 is 4.99. The normalized spacial score (nSPS) is 14.5. The molecule has 0 N–H and O–H groups in total. The van der Waals surface area contributed by atoms with Crippen molar-refractivity contribution in [2.45, 2.75) is 20.8 Å². The van der Waals surface area contributed by atoms with E-state index >= 15 is 0 Å². The van der Waals surface area contributed by atoms with Gasteiger partial charge < -0.3 is 19.4 Å². The van der Waals surface area contributed by atoms with E-state index in [0.717, 1.165) is 18.8 Å². The zero-order valence-corrected chi connectivity index (χ0v) is 14.7. The van der Waals surface area contributed by atoms with Gasteiger partial charge in [0.25, 0.3) is 5.91 Å². The first-order chi connectivity index (χ1) is 11.6. The van der Waals surface area contributed by atoms with Crippen molar-refractivity contribution < 1.29 is 14.3 Å². The van der Waals surface area contributed by atoms with Gasteiger partial charge in [0.1, 0.15) is 5.69 Å². The lowest BCUT2D eigenvalue weighted by atomic mass is 10.2. The van der Waals surface area contributed by atoms with Crippen LogP contribution in [0.15, 0.2) is 18.3 Å². The first-order valence-corrected chi connectivity index (χ1v) is 8.52. The number of carbonyl (C=O) groups is 2. The summed E-state index contributed by atoms with van der Waals surface area (Å²) in [6.45, 7) is 10.0. The van der Waals surface area contributed by atoms with Crippen molar-refractivity contribution in [1.82, 2.24) is 14.8 Å². The molecule has 2 rings (SSSR count). The van der Waals surface area contributed by atoms with Crippen LogP contribution in [-0.4, -0.2) is 72.7 Å². The fraction of sp³-hybridized carbons (Fsp3) is 0.588. The lowest BCUT2D eigenvalue weighted by Crippen LogP contribution is -2.50. The second-order valence-electron chi connectivity index (χ2n) is 5.55. The van der Waals surface area contributed by atoms with Crippen LogP contribution < -0.4 is 4.90 Å². The number of amides is 2. The molecule has 7 heteroatoms. The van der Waals surface area contributed by atoms with Crippen LogP contribution in [0.1, 0.15) is 31.3 Å². The van der Waals surface area contributed by atoms with Gasteiger partial charge in [-0.05, 0) is 32.9 Å². The van der Waals surface area contributed by atoms with Gasteiger partial charge in [0.05, 0.1) is 6.61 Å². The molecule has 0 saturated carbocycles. The molecule has 1 fully saturated rings.